The zero-order chi connectivity index (χ0) is 15.9. The SMILES string of the molecule is CCC(C)(CC)N=C(NC#N)Nc1cc(Cl)cc(C#N)c1. The van der Waals surface area contributed by atoms with E-state index in [2.05, 4.69) is 15.6 Å². The van der Waals surface area contributed by atoms with Gasteiger partial charge in [0.15, 0.2) is 6.19 Å². The van der Waals surface area contributed by atoms with Crippen molar-refractivity contribution in [2.24, 2.45) is 4.99 Å². The molecule has 0 atom stereocenters. The zero-order valence-corrected chi connectivity index (χ0v) is 13.1. The van der Waals surface area contributed by atoms with Crippen LogP contribution in [-0.2, 0) is 0 Å². The zero-order valence-electron chi connectivity index (χ0n) is 12.4. The Morgan fingerprint density at radius 3 is 2.48 bits per heavy atom. The summed E-state index contributed by atoms with van der Waals surface area (Å²) in [4.78, 5) is 4.56. The van der Waals surface area contributed by atoms with E-state index in [0.29, 0.717) is 22.2 Å². The normalized spacial score (nSPS) is 11.4. The molecule has 1 aromatic rings. The van der Waals surface area contributed by atoms with Crippen LogP contribution in [0.5, 0.6) is 0 Å². The molecular weight excluding hydrogens is 286 g/mol. The fourth-order valence-corrected chi connectivity index (χ4v) is 1.92. The van der Waals surface area contributed by atoms with Crippen molar-refractivity contribution in [1.29, 1.82) is 10.5 Å². The molecule has 0 heterocycles. The Bertz CT molecular complexity index is 605. The van der Waals surface area contributed by atoms with Crippen molar-refractivity contribution in [3.8, 4) is 12.3 Å². The van der Waals surface area contributed by atoms with Gasteiger partial charge in [0.25, 0.3) is 0 Å². The van der Waals surface area contributed by atoms with Crippen LogP contribution in [0.3, 0.4) is 0 Å². The summed E-state index contributed by atoms with van der Waals surface area (Å²) in [5.74, 6) is 0.342. The largest absolute Gasteiger partial charge is 0.325 e. The minimum Gasteiger partial charge on any atom is -0.325 e. The number of nitrogens with one attached hydrogen (secondary N) is 2. The molecule has 0 aliphatic heterocycles. The number of guanidine groups is 1. The molecule has 0 unspecified atom stereocenters. The molecule has 0 saturated carbocycles. The van der Waals surface area contributed by atoms with Crippen molar-refractivity contribution in [3.05, 3.63) is 28.8 Å². The predicted molar refractivity (Wildman–Crippen MR) is 85.0 cm³/mol. The molecule has 0 bridgehead atoms. The first-order chi connectivity index (χ1) is 9.96. The molecular formula is C15H18ClN5. The lowest BCUT2D eigenvalue weighted by Crippen LogP contribution is -2.32. The van der Waals surface area contributed by atoms with Gasteiger partial charge in [0.1, 0.15) is 0 Å². The van der Waals surface area contributed by atoms with E-state index < -0.39 is 0 Å². The quantitative estimate of drug-likeness (QED) is 0.385. The minimum atomic E-state index is -0.261. The summed E-state index contributed by atoms with van der Waals surface area (Å²) < 4.78 is 0. The third kappa shape index (κ3) is 4.98. The van der Waals surface area contributed by atoms with Gasteiger partial charge in [0.05, 0.1) is 17.2 Å². The fourth-order valence-electron chi connectivity index (χ4n) is 1.68. The van der Waals surface area contributed by atoms with Crippen LogP contribution in [0.1, 0.15) is 39.2 Å². The van der Waals surface area contributed by atoms with E-state index >= 15 is 0 Å². The number of anilines is 1. The molecule has 5 nitrogen and oxygen atoms in total. The smallest absolute Gasteiger partial charge is 0.209 e. The molecule has 0 saturated heterocycles. The summed E-state index contributed by atoms with van der Waals surface area (Å²) in [6.07, 6.45) is 3.56. The molecule has 0 spiro atoms. The van der Waals surface area contributed by atoms with Crippen LogP contribution in [0.25, 0.3) is 0 Å². The Morgan fingerprint density at radius 1 is 1.29 bits per heavy atom. The lowest BCUT2D eigenvalue weighted by atomic mass is 9.97. The van der Waals surface area contributed by atoms with Gasteiger partial charge in [0, 0.05) is 10.7 Å². The topological polar surface area (TPSA) is 84.0 Å². The Morgan fingerprint density at radius 2 is 1.95 bits per heavy atom. The highest BCUT2D eigenvalue weighted by Gasteiger charge is 2.19. The van der Waals surface area contributed by atoms with Crippen LogP contribution in [0.15, 0.2) is 23.2 Å². The van der Waals surface area contributed by atoms with Gasteiger partial charge in [-0.25, -0.2) is 4.99 Å². The van der Waals surface area contributed by atoms with Gasteiger partial charge in [0.2, 0.25) is 5.96 Å². The van der Waals surface area contributed by atoms with E-state index in [0.717, 1.165) is 12.8 Å². The lowest BCUT2D eigenvalue weighted by Gasteiger charge is -2.23. The van der Waals surface area contributed by atoms with Crippen molar-refractivity contribution in [1.82, 2.24) is 5.32 Å². The summed E-state index contributed by atoms with van der Waals surface area (Å²) in [7, 11) is 0. The molecule has 1 rings (SSSR count). The van der Waals surface area contributed by atoms with Crippen LogP contribution in [0.2, 0.25) is 5.02 Å². The first-order valence-corrected chi connectivity index (χ1v) is 7.06. The second-order valence-electron chi connectivity index (χ2n) is 4.87. The van der Waals surface area contributed by atoms with Crippen molar-refractivity contribution in [2.45, 2.75) is 39.2 Å². The van der Waals surface area contributed by atoms with Gasteiger partial charge < -0.3 is 5.32 Å². The highest BCUT2D eigenvalue weighted by molar-refractivity contribution is 6.31. The van der Waals surface area contributed by atoms with E-state index in [1.54, 1.807) is 18.2 Å². The fraction of sp³-hybridized carbons (Fsp3) is 0.400. The molecule has 21 heavy (non-hydrogen) atoms. The van der Waals surface area contributed by atoms with Gasteiger partial charge in [-0.15, -0.1) is 0 Å². The standard InChI is InChI=1S/C15H18ClN5/c1-4-15(3,5-2)21-14(19-10-18)20-13-7-11(9-17)6-12(16)8-13/h6-8H,4-5H2,1-3H3,(H2,19,20,21). The lowest BCUT2D eigenvalue weighted by molar-refractivity contribution is 0.440. The maximum absolute atomic E-state index is 8.95. The van der Waals surface area contributed by atoms with Crippen molar-refractivity contribution in [2.75, 3.05) is 5.32 Å². The number of nitriles is 2. The molecule has 1 aromatic carbocycles. The van der Waals surface area contributed by atoms with E-state index in [4.69, 9.17) is 22.1 Å². The molecule has 0 radical (unpaired) electrons. The molecule has 0 aliphatic rings. The number of nitrogens with zero attached hydrogens (tertiary/aromatic N) is 3. The van der Waals surface area contributed by atoms with E-state index in [-0.39, 0.29) is 5.54 Å². The summed E-state index contributed by atoms with van der Waals surface area (Å²) >= 11 is 5.96. The van der Waals surface area contributed by atoms with E-state index in [1.807, 2.05) is 33.0 Å². The van der Waals surface area contributed by atoms with Gasteiger partial charge in [-0.3, -0.25) is 5.32 Å². The van der Waals surface area contributed by atoms with Crippen molar-refractivity contribution in [3.63, 3.8) is 0 Å². The Labute approximate surface area is 130 Å². The van der Waals surface area contributed by atoms with Gasteiger partial charge >= 0.3 is 0 Å². The van der Waals surface area contributed by atoms with Crippen LogP contribution in [0, 0.1) is 22.8 Å². The van der Waals surface area contributed by atoms with E-state index in [9.17, 15) is 0 Å². The molecule has 0 amide bonds. The van der Waals surface area contributed by atoms with Gasteiger partial charge in [-0.2, -0.15) is 10.5 Å². The third-order valence-electron chi connectivity index (χ3n) is 3.37. The monoisotopic (exact) mass is 303 g/mol. The maximum Gasteiger partial charge on any atom is 0.209 e. The first-order valence-electron chi connectivity index (χ1n) is 6.69. The Balaban J connectivity index is 3.10. The van der Waals surface area contributed by atoms with Crippen LogP contribution < -0.4 is 10.6 Å². The van der Waals surface area contributed by atoms with Crippen molar-refractivity contribution >= 4 is 23.2 Å². The average molecular weight is 304 g/mol. The second-order valence-corrected chi connectivity index (χ2v) is 5.30. The van der Waals surface area contributed by atoms with Crippen LogP contribution >= 0.6 is 11.6 Å². The Hall–Kier alpha value is -2.24. The summed E-state index contributed by atoms with van der Waals surface area (Å²) in [5.41, 5.74) is 0.785. The van der Waals surface area contributed by atoms with Crippen molar-refractivity contribution < 1.29 is 0 Å². The predicted octanol–water partition coefficient (Wildman–Crippen LogP) is 3.63. The van der Waals surface area contributed by atoms with E-state index in [1.165, 1.54) is 0 Å². The average Bonchev–Trinajstić information content (AvgIpc) is 2.46. The number of halogens is 1. The summed E-state index contributed by atoms with van der Waals surface area (Å²) in [5, 5.41) is 23.8. The number of rotatable bonds is 4. The number of hydrogen-bond donors (Lipinski definition) is 2. The number of aliphatic imine (C=N–C) groups is 1. The molecule has 0 fully saturated rings. The Kier molecular flexibility index (Phi) is 6.02. The summed E-state index contributed by atoms with van der Waals surface area (Å²) in [6, 6.07) is 6.93. The molecule has 110 valence electrons. The molecule has 0 aromatic heterocycles. The second kappa shape index (κ2) is 7.52. The minimum absolute atomic E-state index is 0.261. The highest BCUT2D eigenvalue weighted by Crippen LogP contribution is 2.21. The van der Waals surface area contributed by atoms with Gasteiger partial charge in [-0.05, 0) is 38.0 Å². The molecule has 6 heteroatoms. The van der Waals surface area contributed by atoms with Crippen LogP contribution in [-0.4, -0.2) is 11.5 Å². The third-order valence-corrected chi connectivity index (χ3v) is 3.59. The van der Waals surface area contributed by atoms with Crippen LogP contribution in [0.4, 0.5) is 5.69 Å². The number of benzene rings is 1. The first kappa shape index (κ1) is 16.8. The molecule has 2 N–H and O–H groups in total. The molecule has 0 aliphatic carbocycles. The van der Waals surface area contributed by atoms with Gasteiger partial charge in [-0.1, -0.05) is 25.4 Å². The number of hydrogen-bond acceptors (Lipinski definition) is 3. The maximum atomic E-state index is 8.95. The highest BCUT2D eigenvalue weighted by atomic mass is 35.5. The summed E-state index contributed by atoms with van der Waals surface area (Å²) in [6.45, 7) is 6.11.